The molecule has 0 bridgehead atoms. The molecule has 0 atom stereocenters. The van der Waals surface area contributed by atoms with E-state index in [-0.39, 0.29) is 5.75 Å². The average Bonchev–Trinajstić information content (AvgIpc) is 3.64. The van der Waals surface area contributed by atoms with Crippen LogP contribution >= 0.6 is 22.7 Å². The normalized spacial score (nSPS) is 11.1. The van der Waals surface area contributed by atoms with Crippen LogP contribution in [0.2, 0.25) is 0 Å². The first kappa shape index (κ1) is 20.6. The number of hydrogen-bond donors (Lipinski definition) is 1. The van der Waals surface area contributed by atoms with Crippen LogP contribution < -0.4 is 0 Å². The number of rotatable bonds is 5. The van der Waals surface area contributed by atoms with E-state index in [0.29, 0.717) is 28.5 Å². The Kier molecular flexibility index (Phi) is 5.30. The van der Waals surface area contributed by atoms with Crippen molar-refractivity contribution in [2.24, 2.45) is 0 Å². The van der Waals surface area contributed by atoms with Crippen LogP contribution in [0.5, 0.6) is 5.75 Å². The van der Waals surface area contributed by atoms with E-state index in [1.807, 2.05) is 102 Å². The minimum Gasteiger partial charge on any atom is -0.504 e. The molecule has 3 heterocycles. The molecular weight excluding hydrogens is 460 g/mol. The summed E-state index contributed by atoms with van der Waals surface area (Å²) < 4.78 is 6.30. The van der Waals surface area contributed by atoms with Gasteiger partial charge in [-0.2, -0.15) is 0 Å². The van der Waals surface area contributed by atoms with Crippen LogP contribution in [0.4, 0.5) is 0 Å². The molecule has 6 aromatic rings. The van der Waals surface area contributed by atoms with E-state index >= 15 is 0 Å². The summed E-state index contributed by atoms with van der Waals surface area (Å²) in [4.78, 5) is 9.68. The van der Waals surface area contributed by atoms with Crippen molar-refractivity contribution in [3.05, 3.63) is 102 Å². The molecule has 0 spiro atoms. The van der Waals surface area contributed by atoms with Crippen molar-refractivity contribution >= 4 is 22.7 Å². The van der Waals surface area contributed by atoms with Crippen molar-refractivity contribution in [2.75, 3.05) is 0 Å². The third kappa shape index (κ3) is 3.73. The monoisotopic (exact) mass is 478 g/mol. The molecule has 0 saturated carbocycles. The Morgan fingerprint density at radius 2 is 1.03 bits per heavy atom. The lowest BCUT2D eigenvalue weighted by molar-refractivity contribution is 0.466. The first-order valence-electron chi connectivity index (χ1n) is 10.7. The second-order valence-corrected chi connectivity index (χ2v) is 9.37. The van der Waals surface area contributed by atoms with E-state index < -0.39 is 0 Å². The number of nitrogens with zero attached hydrogens (tertiary/aromatic N) is 2. The SMILES string of the molecule is Oc1c(-c2ccccc2)oc(-c2csc(-c3ccccc3)n2)c1-c1csc(-c2ccccc2)n1. The maximum absolute atomic E-state index is 11.3. The van der Waals surface area contributed by atoms with Crippen molar-refractivity contribution < 1.29 is 9.52 Å². The summed E-state index contributed by atoms with van der Waals surface area (Å²) in [6.45, 7) is 0. The Balaban J connectivity index is 1.51. The molecule has 0 saturated heterocycles. The molecule has 34 heavy (non-hydrogen) atoms. The molecule has 6 rings (SSSR count). The van der Waals surface area contributed by atoms with E-state index in [9.17, 15) is 5.11 Å². The molecule has 0 aliphatic rings. The summed E-state index contributed by atoms with van der Waals surface area (Å²) in [7, 11) is 0. The van der Waals surface area contributed by atoms with Gasteiger partial charge in [0.15, 0.2) is 17.3 Å². The van der Waals surface area contributed by atoms with Gasteiger partial charge in [0, 0.05) is 27.5 Å². The predicted octanol–water partition coefficient (Wildman–Crippen LogP) is 8.23. The topological polar surface area (TPSA) is 59.2 Å². The fraction of sp³-hybridized carbons (Fsp3) is 0. The number of furan rings is 1. The largest absolute Gasteiger partial charge is 0.504 e. The van der Waals surface area contributed by atoms with E-state index in [1.165, 1.54) is 11.3 Å². The zero-order valence-electron chi connectivity index (χ0n) is 17.9. The molecule has 3 aromatic heterocycles. The van der Waals surface area contributed by atoms with E-state index in [4.69, 9.17) is 14.4 Å². The molecule has 0 aliphatic heterocycles. The summed E-state index contributed by atoms with van der Waals surface area (Å²) in [6.07, 6.45) is 0. The first-order chi connectivity index (χ1) is 16.8. The maximum Gasteiger partial charge on any atom is 0.177 e. The lowest BCUT2D eigenvalue weighted by atomic mass is 10.1. The summed E-state index contributed by atoms with van der Waals surface area (Å²) >= 11 is 3.08. The van der Waals surface area contributed by atoms with Gasteiger partial charge in [0.1, 0.15) is 15.7 Å². The number of benzene rings is 3. The number of thiazole rings is 2. The molecule has 1 N–H and O–H groups in total. The van der Waals surface area contributed by atoms with Crippen LogP contribution in [0, 0.1) is 0 Å². The molecule has 0 amide bonds. The molecule has 0 unspecified atom stereocenters. The zero-order chi connectivity index (χ0) is 22.9. The molecular formula is C28H18N2O2S2. The first-order valence-corrected chi connectivity index (χ1v) is 12.5. The highest BCUT2D eigenvalue weighted by Gasteiger charge is 2.27. The van der Waals surface area contributed by atoms with Crippen LogP contribution in [-0.4, -0.2) is 15.1 Å². The molecule has 6 heteroatoms. The predicted molar refractivity (Wildman–Crippen MR) is 139 cm³/mol. The van der Waals surface area contributed by atoms with Crippen LogP contribution in [0.1, 0.15) is 0 Å². The van der Waals surface area contributed by atoms with Gasteiger partial charge in [-0.15, -0.1) is 22.7 Å². The molecule has 0 aliphatic carbocycles. The van der Waals surface area contributed by atoms with E-state index in [1.54, 1.807) is 11.3 Å². The fourth-order valence-electron chi connectivity index (χ4n) is 3.82. The maximum atomic E-state index is 11.3. The van der Waals surface area contributed by atoms with Gasteiger partial charge in [-0.05, 0) is 0 Å². The Bertz CT molecular complexity index is 1550. The van der Waals surface area contributed by atoms with Gasteiger partial charge in [-0.1, -0.05) is 91.0 Å². The van der Waals surface area contributed by atoms with E-state index in [0.717, 1.165) is 26.7 Å². The van der Waals surface area contributed by atoms with Crippen molar-refractivity contribution in [3.63, 3.8) is 0 Å². The molecule has 4 nitrogen and oxygen atoms in total. The van der Waals surface area contributed by atoms with Crippen LogP contribution in [0.25, 0.3) is 55.2 Å². The third-order valence-electron chi connectivity index (χ3n) is 5.46. The van der Waals surface area contributed by atoms with Gasteiger partial charge >= 0.3 is 0 Å². The number of hydrogen-bond acceptors (Lipinski definition) is 6. The van der Waals surface area contributed by atoms with E-state index in [2.05, 4.69) is 0 Å². The number of aromatic nitrogens is 2. The van der Waals surface area contributed by atoms with Crippen LogP contribution in [0.3, 0.4) is 0 Å². The highest BCUT2D eigenvalue weighted by molar-refractivity contribution is 7.13. The minimum atomic E-state index is 0.0698. The average molecular weight is 479 g/mol. The second kappa shape index (κ2) is 8.74. The second-order valence-electron chi connectivity index (χ2n) is 7.66. The number of aromatic hydroxyl groups is 1. The Hall–Kier alpha value is -4.00. The van der Waals surface area contributed by atoms with Crippen molar-refractivity contribution in [2.45, 2.75) is 0 Å². The molecule has 0 radical (unpaired) electrons. The zero-order valence-corrected chi connectivity index (χ0v) is 19.5. The quantitative estimate of drug-likeness (QED) is 0.271. The third-order valence-corrected chi connectivity index (χ3v) is 7.24. The van der Waals surface area contributed by atoms with Crippen molar-refractivity contribution in [1.29, 1.82) is 0 Å². The Morgan fingerprint density at radius 1 is 0.559 bits per heavy atom. The van der Waals surface area contributed by atoms with Crippen molar-refractivity contribution in [1.82, 2.24) is 9.97 Å². The highest BCUT2D eigenvalue weighted by atomic mass is 32.1. The minimum absolute atomic E-state index is 0.0698. The Labute approximate surface area is 204 Å². The summed E-state index contributed by atoms with van der Waals surface area (Å²) in [5, 5.41) is 17.0. The highest BCUT2D eigenvalue weighted by Crippen LogP contribution is 2.48. The smallest absolute Gasteiger partial charge is 0.177 e. The van der Waals surface area contributed by atoms with Gasteiger partial charge in [0.2, 0.25) is 0 Å². The lowest BCUT2D eigenvalue weighted by Gasteiger charge is -1.99. The van der Waals surface area contributed by atoms with Crippen LogP contribution in [-0.2, 0) is 0 Å². The van der Waals surface area contributed by atoms with Gasteiger partial charge in [-0.25, -0.2) is 9.97 Å². The summed E-state index contributed by atoms with van der Waals surface area (Å²) in [5.41, 5.74) is 4.76. The lowest BCUT2D eigenvalue weighted by Crippen LogP contribution is -1.83. The standard InChI is InChI=1S/C28H18N2O2S2/c31-24-23(21-16-33-27(29-21)19-12-6-2-7-13-19)26(32-25(24)18-10-4-1-5-11-18)22-17-34-28(30-22)20-14-8-3-9-15-20/h1-17,31H. The van der Waals surface area contributed by atoms with Gasteiger partial charge in [0.25, 0.3) is 0 Å². The fourth-order valence-corrected chi connectivity index (χ4v) is 5.44. The summed E-state index contributed by atoms with van der Waals surface area (Å²) in [6, 6.07) is 29.7. The molecule has 3 aromatic carbocycles. The van der Waals surface area contributed by atoms with Crippen molar-refractivity contribution in [3.8, 4) is 60.9 Å². The summed E-state index contributed by atoms with van der Waals surface area (Å²) in [5.74, 6) is 0.995. The van der Waals surface area contributed by atoms with Gasteiger partial charge in [0.05, 0.1) is 11.3 Å². The molecule has 0 fully saturated rings. The van der Waals surface area contributed by atoms with Gasteiger partial charge in [-0.3, -0.25) is 0 Å². The van der Waals surface area contributed by atoms with Crippen LogP contribution in [0.15, 0.2) is 106 Å². The van der Waals surface area contributed by atoms with Gasteiger partial charge < -0.3 is 9.52 Å². The molecule has 164 valence electrons. The Morgan fingerprint density at radius 3 is 1.59 bits per heavy atom.